The molecule has 2 heteroatoms. The molecule has 0 amide bonds. The average Bonchev–Trinajstić information content (AvgIpc) is 2.16. The fourth-order valence-corrected chi connectivity index (χ4v) is 1.91. The molecular formula is C12H24N2. The number of piperazine rings is 1. The van der Waals surface area contributed by atoms with Crippen LogP contribution in [-0.2, 0) is 0 Å². The van der Waals surface area contributed by atoms with Crippen LogP contribution in [0.4, 0.5) is 0 Å². The van der Waals surface area contributed by atoms with Crippen LogP contribution in [0.1, 0.15) is 34.1 Å². The Bertz CT molecular complexity index is 206. The summed E-state index contributed by atoms with van der Waals surface area (Å²) in [6.07, 6.45) is 3.55. The number of rotatable bonds is 3. The Kier molecular flexibility index (Phi) is 4.14. The fraction of sp³-hybridized carbons (Fsp3) is 0.833. The smallest absolute Gasteiger partial charge is 0.0307 e. The Morgan fingerprint density at radius 2 is 2.21 bits per heavy atom. The van der Waals surface area contributed by atoms with Crippen molar-refractivity contribution in [1.29, 1.82) is 0 Å². The highest BCUT2D eigenvalue weighted by molar-refractivity contribution is 4.99. The van der Waals surface area contributed by atoms with Gasteiger partial charge in [0.2, 0.25) is 0 Å². The van der Waals surface area contributed by atoms with Crippen molar-refractivity contribution in [2.75, 3.05) is 26.2 Å². The topological polar surface area (TPSA) is 15.3 Å². The SMILES string of the molecule is CCC1(C)CNCCN1CC=C(C)C. The van der Waals surface area contributed by atoms with Crippen molar-refractivity contribution < 1.29 is 0 Å². The first kappa shape index (κ1) is 11.7. The van der Waals surface area contributed by atoms with Crippen LogP contribution in [0.5, 0.6) is 0 Å². The van der Waals surface area contributed by atoms with Crippen LogP contribution < -0.4 is 5.32 Å². The molecular weight excluding hydrogens is 172 g/mol. The maximum atomic E-state index is 3.48. The first-order valence-corrected chi connectivity index (χ1v) is 5.67. The van der Waals surface area contributed by atoms with E-state index in [-0.39, 0.29) is 0 Å². The lowest BCUT2D eigenvalue weighted by atomic mass is 9.94. The number of nitrogens with one attached hydrogen (secondary N) is 1. The van der Waals surface area contributed by atoms with Crippen LogP contribution >= 0.6 is 0 Å². The number of allylic oxidation sites excluding steroid dienone is 1. The van der Waals surface area contributed by atoms with Gasteiger partial charge in [-0.25, -0.2) is 0 Å². The second kappa shape index (κ2) is 4.94. The van der Waals surface area contributed by atoms with Crippen LogP contribution in [0.2, 0.25) is 0 Å². The van der Waals surface area contributed by atoms with E-state index in [4.69, 9.17) is 0 Å². The maximum Gasteiger partial charge on any atom is 0.0307 e. The molecule has 0 aromatic heterocycles. The highest BCUT2D eigenvalue weighted by Gasteiger charge is 2.31. The zero-order valence-electron chi connectivity index (χ0n) is 10.1. The Hall–Kier alpha value is -0.340. The van der Waals surface area contributed by atoms with E-state index in [2.05, 4.69) is 44.0 Å². The molecule has 1 saturated heterocycles. The molecule has 0 aromatic carbocycles. The lowest BCUT2D eigenvalue weighted by molar-refractivity contribution is 0.0842. The third-order valence-corrected chi connectivity index (χ3v) is 3.31. The molecule has 0 radical (unpaired) electrons. The predicted molar refractivity (Wildman–Crippen MR) is 62.6 cm³/mol. The zero-order chi connectivity index (χ0) is 10.6. The number of hydrogen-bond acceptors (Lipinski definition) is 2. The van der Waals surface area contributed by atoms with Crippen molar-refractivity contribution in [3.05, 3.63) is 11.6 Å². The molecule has 1 fully saturated rings. The van der Waals surface area contributed by atoms with Gasteiger partial charge < -0.3 is 5.32 Å². The van der Waals surface area contributed by atoms with Gasteiger partial charge in [-0.1, -0.05) is 18.6 Å². The molecule has 82 valence electrons. The van der Waals surface area contributed by atoms with Gasteiger partial charge in [0, 0.05) is 31.7 Å². The second-order valence-electron chi connectivity index (χ2n) is 4.75. The maximum absolute atomic E-state index is 3.48. The van der Waals surface area contributed by atoms with Crippen molar-refractivity contribution in [3.63, 3.8) is 0 Å². The van der Waals surface area contributed by atoms with E-state index < -0.39 is 0 Å². The molecule has 0 aliphatic carbocycles. The Morgan fingerprint density at radius 3 is 2.79 bits per heavy atom. The zero-order valence-corrected chi connectivity index (χ0v) is 10.1. The summed E-state index contributed by atoms with van der Waals surface area (Å²) in [5.74, 6) is 0. The van der Waals surface area contributed by atoms with Crippen LogP contribution in [0.15, 0.2) is 11.6 Å². The Labute approximate surface area is 88.4 Å². The molecule has 1 aliphatic heterocycles. The molecule has 0 bridgehead atoms. The minimum atomic E-state index is 0.351. The summed E-state index contributed by atoms with van der Waals surface area (Å²) in [6.45, 7) is 13.5. The first-order chi connectivity index (χ1) is 6.58. The molecule has 1 N–H and O–H groups in total. The molecule has 1 atom stereocenters. The number of nitrogens with zero attached hydrogens (tertiary/aromatic N) is 1. The molecule has 14 heavy (non-hydrogen) atoms. The summed E-state index contributed by atoms with van der Waals surface area (Å²) in [7, 11) is 0. The van der Waals surface area contributed by atoms with E-state index >= 15 is 0 Å². The third kappa shape index (κ3) is 2.82. The standard InChI is InChI=1S/C12H24N2/c1-5-12(4)10-13-7-9-14(12)8-6-11(2)3/h6,13H,5,7-10H2,1-4H3. The van der Waals surface area contributed by atoms with Crippen LogP contribution in [0, 0.1) is 0 Å². The van der Waals surface area contributed by atoms with Gasteiger partial charge in [0.25, 0.3) is 0 Å². The molecule has 1 aliphatic rings. The van der Waals surface area contributed by atoms with E-state index in [0.717, 1.165) is 19.6 Å². The van der Waals surface area contributed by atoms with E-state index in [9.17, 15) is 0 Å². The summed E-state index contributed by atoms with van der Waals surface area (Å²) in [4.78, 5) is 2.59. The molecule has 0 spiro atoms. The Morgan fingerprint density at radius 1 is 1.50 bits per heavy atom. The van der Waals surface area contributed by atoms with Crippen molar-refractivity contribution in [2.45, 2.75) is 39.7 Å². The summed E-state index contributed by atoms with van der Waals surface area (Å²) in [5.41, 5.74) is 1.77. The van der Waals surface area contributed by atoms with E-state index in [0.29, 0.717) is 5.54 Å². The van der Waals surface area contributed by atoms with E-state index in [1.165, 1.54) is 18.5 Å². The van der Waals surface area contributed by atoms with Crippen LogP contribution in [0.3, 0.4) is 0 Å². The predicted octanol–water partition coefficient (Wildman–Crippen LogP) is 2.03. The van der Waals surface area contributed by atoms with Gasteiger partial charge in [-0.2, -0.15) is 0 Å². The summed E-state index contributed by atoms with van der Waals surface area (Å²) in [6, 6.07) is 0. The largest absolute Gasteiger partial charge is 0.314 e. The fourth-order valence-electron chi connectivity index (χ4n) is 1.91. The lowest BCUT2D eigenvalue weighted by Crippen LogP contribution is -2.59. The van der Waals surface area contributed by atoms with E-state index in [1.54, 1.807) is 0 Å². The highest BCUT2D eigenvalue weighted by atomic mass is 15.2. The molecule has 1 heterocycles. The third-order valence-electron chi connectivity index (χ3n) is 3.31. The van der Waals surface area contributed by atoms with Gasteiger partial charge in [0.1, 0.15) is 0 Å². The molecule has 0 aromatic rings. The van der Waals surface area contributed by atoms with Gasteiger partial charge >= 0.3 is 0 Å². The van der Waals surface area contributed by atoms with Gasteiger partial charge in [-0.05, 0) is 27.2 Å². The van der Waals surface area contributed by atoms with Crippen molar-refractivity contribution in [2.24, 2.45) is 0 Å². The van der Waals surface area contributed by atoms with Gasteiger partial charge in [-0.3, -0.25) is 4.90 Å². The van der Waals surface area contributed by atoms with Gasteiger partial charge in [0.15, 0.2) is 0 Å². The monoisotopic (exact) mass is 196 g/mol. The van der Waals surface area contributed by atoms with Crippen molar-refractivity contribution in [1.82, 2.24) is 10.2 Å². The molecule has 2 nitrogen and oxygen atoms in total. The Balaban J connectivity index is 2.59. The summed E-state index contributed by atoms with van der Waals surface area (Å²) < 4.78 is 0. The molecule has 0 saturated carbocycles. The number of hydrogen-bond donors (Lipinski definition) is 1. The van der Waals surface area contributed by atoms with Crippen molar-refractivity contribution in [3.8, 4) is 0 Å². The van der Waals surface area contributed by atoms with Crippen LogP contribution in [0.25, 0.3) is 0 Å². The van der Waals surface area contributed by atoms with Gasteiger partial charge in [0.05, 0.1) is 0 Å². The van der Waals surface area contributed by atoms with Crippen molar-refractivity contribution >= 4 is 0 Å². The quantitative estimate of drug-likeness (QED) is 0.695. The van der Waals surface area contributed by atoms with E-state index in [1.807, 2.05) is 0 Å². The minimum absolute atomic E-state index is 0.351. The second-order valence-corrected chi connectivity index (χ2v) is 4.75. The summed E-state index contributed by atoms with van der Waals surface area (Å²) in [5, 5.41) is 3.48. The average molecular weight is 196 g/mol. The van der Waals surface area contributed by atoms with Gasteiger partial charge in [-0.15, -0.1) is 0 Å². The summed E-state index contributed by atoms with van der Waals surface area (Å²) >= 11 is 0. The minimum Gasteiger partial charge on any atom is -0.314 e. The molecule has 1 unspecified atom stereocenters. The normalized spacial score (nSPS) is 28.9. The highest BCUT2D eigenvalue weighted by Crippen LogP contribution is 2.20. The van der Waals surface area contributed by atoms with Crippen LogP contribution in [-0.4, -0.2) is 36.6 Å². The first-order valence-electron chi connectivity index (χ1n) is 5.67. The molecule has 1 rings (SSSR count). The lowest BCUT2D eigenvalue weighted by Gasteiger charge is -2.44.